The number of nitrogens with two attached hydrogens (primary N) is 1. The summed E-state index contributed by atoms with van der Waals surface area (Å²) in [5.41, 5.74) is 7.83. The van der Waals surface area contributed by atoms with Crippen molar-refractivity contribution in [2.45, 2.75) is 0 Å². The highest BCUT2D eigenvalue weighted by Gasteiger charge is 2.36. The van der Waals surface area contributed by atoms with Gasteiger partial charge in [-0.1, -0.05) is 29.2 Å². The largest absolute Gasteiger partial charge is 0.540 e. The van der Waals surface area contributed by atoms with Crippen molar-refractivity contribution in [3.8, 4) is 11.1 Å². The van der Waals surface area contributed by atoms with Gasteiger partial charge in [-0.25, -0.2) is 0 Å². The molecule has 0 saturated carbocycles. The van der Waals surface area contributed by atoms with Crippen molar-refractivity contribution >= 4 is 34.1 Å². The summed E-state index contributed by atoms with van der Waals surface area (Å²) in [6, 6.07) is 15.4. The number of hydrogen-bond acceptors (Lipinski definition) is 3. The fourth-order valence-electron chi connectivity index (χ4n) is 2.93. The zero-order valence-corrected chi connectivity index (χ0v) is 12.4. The van der Waals surface area contributed by atoms with E-state index < -0.39 is 11.9 Å². The fraction of sp³-hybridized carbons (Fsp3) is 0. The number of carbonyl (C=O) groups is 2. The third kappa shape index (κ3) is 2.04. The SMILES string of the molecule is NC(=O)c1cc2ccccc2cc1-c1ccc2c(c1)[N+](=O)C(=O)N2. The molecule has 3 N–H and O–H groups in total. The number of fused-ring (bicyclic) bond motifs is 2. The third-order valence-corrected chi connectivity index (χ3v) is 4.10. The molecule has 0 fully saturated rings. The molecule has 0 spiro atoms. The molecule has 6 heteroatoms. The van der Waals surface area contributed by atoms with Crippen LogP contribution >= 0.6 is 0 Å². The summed E-state index contributed by atoms with van der Waals surface area (Å²) < 4.78 is 0.295. The monoisotopic (exact) mass is 318 g/mol. The van der Waals surface area contributed by atoms with Crippen LogP contribution in [0.25, 0.3) is 21.9 Å². The molecule has 24 heavy (non-hydrogen) atoms. The number of anilines is 1. The lowest BCUT2D eigenvalue weighted by molar-refractivity contribution is -0.344. The number of rotatable bonds is 2. The minimum absolute atomic E-state index is 0.223. The maximum atomic E-state index is 11.9. The minimum atomic E-state index is -0.726. The number of primary amides is 1. The second-order valence-electron chi connectivity index (χ2n) is 5.57. The lowest BCUT2D eigenvalue weighted by Crippen LogP contribution is -2.12. The van der Waals surface area contributed by atoms with Crippen LogP contribution in [0.15, 0.2) is 54.6 Å². The number of hydrogen-bond donors (Lipinski definition) is 2. The molecule has 0 unspecified atom stereocenters. The lowest BCUT2D eigenvalue weighted by atomic mass is 9.94. The van der Waals surface area contributed by atoms with E-state index in [1.165, 1.54) is 0 Å². The molecule has 0 atom stereocenters. The Kier molecular flexibility index (Phi) is 2.93. The van der Waals surface area contributed by atoms with Crippen molar-refractivity contribution in [3.05, 3.63) is 65.1 Å². The number of urea groups is 1. The average Bonchev–Trinajstić information content (AvgIpc) is 2.87. The van der Waals surface area contributed by atoms with Gasteiger partial charge in [0.05, 0.1) is 4.76 Å². The first-order chi connectivity index (χ1) is 11.5. The first kappa shape index (κ1) is 14.1. The summed E-state index contributed by atoms with van der Waals surface area (Å²) in [7, 11) is 0. The van der Waals surface area contributed by atoms with Crippen molar-refractivity contribution in [3.63, 3.8) is 0 Å². The van der Waals surface area contributed by atoms with Gasteiger partial charge in [-0.2, -0.15) is 10.1 Å². The summed E-state index contributed by atoms with van der Waals surface area (Å²) in [5, 5.41) is 4.33. The van der Waals surface area contributed by atoms with Crippen molar-refractivity contribution in [2.75, 3.05) is 5.32 Å². The number of benzene rings is 3. The zero-order valence-electron chi connectivity index (χ0n) is 12.4. The van der Waals surface area contributed by atoms with Crippen LogP contribution in [-0.2, 0) is 0 Å². The third-order valence-electron chi connectivity index (χ3n) is 4.10. The van der Waals surface area contributed by atoms with E-state index >= 15 is 0 Å². The molecule has 3 aromatic carbocycles. The van der Waals surface area contributed by atoms with Gasteiger partial charge in [0.25, 0.3) is 0 Å². The standard InChI is InChI=1S/C18H11N3O3/c19-17(22)14-8-11-4-2-1-3-10(11)7-13(14)12-5-6-15-16(9-12)21(24)18(23)20-15/h1-9H,(H2-,19,20,22,23,24)/p+1. The van der Waals surface area contributed by atoms with Crippen LogP contribution in [0.4, 0.5) is 16.2 Å². The Hall–Kier alpha value is -3.54. The van der Waals surface area contributed by atoms with E-state index in [9.17, 15) is 14.5 Å². The van der Waals surface area contributed by atoms with E-state index in [4.69, 9.17) is 5.73 Å². The molecule has 0 saturated heterocycles. The van der Waals surface area contributed by atoms with Crippen LogP contribution in [0.2, 0.25) is 0 Å². The molecule has 0 aromatic heterocycles. The van der Waals surface area contributed by atoms with Crippen molar-refractivity contribution < 1.29 is 14.3 Å². The van der Waals surface area contributed by atoms with E-state index in [1.807, 2.05) is 30.3 Å². The average molecular weight is 318 g/mol. The topological polar surface area (TPSA) is 92.3 Å². The molecular weight excluding hydrogens is 306 g/mol. The van der Waals surface area contributed by atoms with Crippen molar-refractivity contribution in [1.29, 1.82) is 0 Å². The van der Waals surface area contributed by atoms with Gasteiger partial charge in [-0.05, 0) is 46.2 Å². The van der Waals surface area contributed by atoms with E-state index in [2.05, 4.69) is 5.32 Å². The number of nitrogens with zero attached hydrogens (tertiary/aromatic N) is 1. The number of nitrogens with one attached hydrogen (secondary N) is 1. The van der Waals surface area contributed by atoms with Crippen LogP contribution in [0.3, 0.4) is 0 Å². The van der Waals surface area contributed by atoms with Gasteiger partial charge in [0, 0.05) is 11.6 Å². The lowest BCUT2D eigenvalue weighted by Gasteiger charge is -2.09. The van der Waals surface area contributed by atoms with Gasteiger partial charge in [0.1, 0.15) is 0 Å². The number of nitroso groups, excluding NO2 is 1. The number of amides is 3. The first-order valence-electron chi connectivity index (χ1n) is 7.30. The molecule has 3 amide bonds. The van der Waals surface area contributed by atoms with Crippen molar-refractivity contribution in [1.82, 2.24) is 0 Å². The highest BCUT2D eigenvalue weighted by molar-refractivity contribution is 6.05. The normalized spacial score (nSPS) is 13.0. The Balaban J connectivity index is 1.97. The second kappa shape index (κ2) is 4.99. The van der Waals surface area contributed by atoms with Crippen LogP contribution in [0.5, 0.6) is 0 Å². The summed E-state index contributed by atoms with van der Waals surface area (Å²) >= 11 is 0. The molecular formula is C18H12N3O3+. The molecule has 3 aromatic rings. The second-order valence-corrected chi connectivity index (χ2v) is 5.57. The van der Waals surface area contributed by atoms with Crippen LogP contribution in [0, 0.1) is 4.91 Å². The zero-order chi connectivity index (χ0) is 16.8. The van der Waals surface area contributed by atoms with Gasteiger partial charge >= 0.3 is 6.03 Å². The minimum Gasteiger partial charge on any atom is -0.366 e. The Morgan fingerprint density at radius 3 is 2.42 bits per heavy atom. The fourth-order valence-corrected chi connectivity index (χ4v) is 2.93. The molecule has 1 heterocycles. The van der Waals surface area contributed by atoms with E-state index in [0.29, 0.717) is 27.1 Å². The van der Waals surface area contributed by atoms with Gasteiger partial charge in [-0.15, -0.1) is 0 Å². The highest BCUT2D eigenvalue weighted by Crippen LogP contribution is 2.36. The molecule has 6 nitrogen and oxygen atoms in total. The predicted molar refractivity (Wildman–Crippen MR) is 90.2 cm³/mol. The highest BCUT2D eigenvalue weighted by atomic mass is 16.3. The van der Waals surface area contributed by atoms with Crippen molar-refractivity contribution in [2.24, 2.45) is 5.73 Å². The smallest absolute Gasteiger partial charge is 0.366 e. The predicted octanol–water partition coefficient (Wildman–Crippen LogP) is 3.56. The molecule has 0 aliphatic carbocycles. The quantitative estimate of drug-likeness (QED) is 0.708. The van der Waals surface area contributed by atoms with Crippen LogP contribution in [0.1, 0.15) is 10.4 Å². The summed E-state index contributed by atoms with van der Waals surface area (Å²) in [4.78, 5) is 35.2. The molecule has 116 valence electrons. The first-order valence-corrected chi connectivity index (χ1v) is 7.30. The number of carbonyl (C=O) groups excluding carboxylic acids is 2. The maximum Gasteiger partial charge on any atom is 0.540 e. The van der Waals surface area contributed by atoms with E-state index in [1.54, 1.807) is 24.3 Å². The van der Waals surface area contributed by atoms with Crippen LogP contribution in [-0.4, -0.2) is 16.7 Å². The van der Waals surface area contributed by atoms with Gasteiger partial charge < -0.3 is 5.73 Å². The molecule has 4 rings (SSSR count). The van der Waals surface area contributed by atoms with E-state index in [0.717, 1.165) is 10.8 Å². The maximum absolute atomic E-state index is 11.9. The Morgan fingerprint density at radius 1 is 1.00 bits per heavy atom. The van der Waals surface area contributed by atoms with Gasteiger partial charge in [0.15, 0.2) is 5.69 Å². The summed E-state index contributed by atoms with van der Waals surface area (Å²) in [5.74, 6) is -0.551. The molecule has 1 aliphatic rings. The van der Waals surface area contributed by atoms with Gasteiger partial charge in [0.2, 0.25) is 11.6 Å². The van der Waals surface area contributed by atoms with Gasteiger partial charge in [-0.3, -0.25) is 4.79 Å². The van der Waals surface area contributed by atoms with Crippen LogP contribution < -0.4 is 11.1 Å². The Morgan fingerprint density at radius 2 is 1.71 bits per heavy atom. The Bertz CT molecular complexity index is 1060. The van der Waals surface area contributed by atoms with E-state index in [-0.39, 0.29) is 5.69 Å². The molecule has 0 radical (unpaired) electrons. The molecule has 0 bridgehead atoms. The molecule has 1 aliphatic heterocycles. The Labute approximate surface area is 136 Å². The summed E-state index contributed by atoms with van der Waals surface area (Å²) in [6.07, 6.45) is 0. The summed E-state index contributed by atoms with van der Waals surface area (Å²) in [6.45, 7) is 0.